The van der Waals surface area contributed by atoms with Crippen molar-refractivity contribution in [1.29, 1.82) is 0 Å². The van der Waals surface area contributed by atoms with E-state index in [0.717, 1.165) is 16.8 Å². The molecule has 9 atom stereocenters. The molecule has 5 aliphatic rings. The predicted octanol–water partition coefficient (Wildman–Crippen LogP) is 3.07. The van der Waals surface area contributed by atoms with Crippen LogP contribution < -0.4 is 0 Å². The largest absolute Gasteiger partial charge is 0.390 e. The summed E-state index contributed by atoms with van der Waals surface area (Å²) in [5, 5.41) is 26.3. The maximum atomic E-state index is 17.9. The van der Waals surface area contributed by atoms with Gasteiger partial charge >= 0.3 is 0 Å². The number of hydrogen-bond acceptors (Lipinski definition) is 6. The molecule has 4 fully saturated rings. The zero-order valence-electron chi connectivity index (χ0n) is 22.6. The van der Waals surface area contributed by atoms with Crippen LogP contribution in [0, 0.1) is 34.5 Å². The number of ether oxygens (including phenoxy) is 2. The highest BCUT2D eigenvalue weighted by atomic mass is 31.0. The van der Waals surface area contributed by atoms with Gasteiger partial charge in [-0.05, 0) is 63.5 Å². The summed E-state index contributed by atoms with van der Waals surface area (Å²) in [6.07, 6.45) is 4.91. The van der Waals surface area contributed by atoms with Crippen molar-refractivity contribution in [2.75, 3.05) is 12.8 Å². The quantitative estimate of drug-likeness (QED) is 0.449. The molecular weight excluding hydrogens is 506 g/mol. The SMILES string of the molecule is CC1(C)O[C@@H]2C[C@H]3[C@@H]4CCC5=Cc6c(cnn6CC#CCP)C[C@]5(C)[C@@]4(F)[C@@H](O)C[C@]3(C)[C@]2(C(=O)CO)O1. The number of allylic oxidation sites excluding steroid dienone is 1. The highest BCUT2D eigenvalue weighted by molar-refractivity contribution is 7.16. The third-order valence-electron chi connectivity index (χ3n) is 10.7. The molecule has 6 rings (SSSR count). The van der Waals surface area contributed by atoms with E-state index in [1.807, 2.05) is 18.5 Å². The van der Waals surface area contributed by atoms with Gasteiger partial charge in [-0.3, -0.25) is 9.48 Å². The van der Waals surface area contributed by atoms with Crippen LogP contribution in [0.3, 0.4) is 0 Å². The molecule has 0 radical (unpaired) electrons. The fourth-order valence-electron chi connectivity index (χ4n) is 9.15. The van der Waals surface area contributed by atoms with Crippen LogP contribution in [0.5, 0.6) is 0 Å². The molecule has 206 valence electrons. The Kier molecular flexibility index (Phi) is 5.91. The Balaban J connectivity index is 1.40. The van der Waals surface area contributed by atoms with Gasteiger partial charge in [-0.25, -0.2) is 4.39 Å². The second-order valence-electron chi connectivity index (χ2n) is 12.8. The van der Waals surface area contributed by atoms with Crippen molar-refractivity contribution in [2.45, 2.75) is 95.6 Å². The fourth-order valence-corrected chi connectivity index (χ4v) is 9.30. The van der Waals surface area contributed by atoms with Crippen molar-refractivity contribution < 1.29 is 28.9 Å². The van der Waals surface area contributed by atoms with Crippen LogP contribution in [0.4, 0.5) is 4.39 Å². The third-order valence-corrected chi connectivity index (χ3v) is 10.9. The molecule has 0 aromatic carbocycles. The molecule has 1 saturated heterocycles. The van der Waals surface area contributed by atoms with Crippen LogP contribution in [-0.4, -0.2) is 67.8 Å². The van der Waals surface area contributed by atoms with E-state index in [4.69, 9.17) is 9.47 Å². The number of rotatable bonds is 3. The number of aliphatic hydroxyl groups is 2. The van der Waals surface area contributed by atoms with Gasteiger partial charge in [0.05, 0.1) is 24.1 Å². The normalized spacial score (nSPS) is 44.1. The average molecular weight is 545 g/mol. The van der Waals surface area contributed by atoms with Gasteiger partial charge in [0.25, 0.3) is 0 Å². The summed E-state index contributed by atoms with van der Waals surface area (Å²) >= 11 is 0. The number of aromatic nitrogens is 2. The van der Waals surface area contributed by atoms with E-state index >= 15 is 4.39 Å². The number of carbonyl (C=O) groups is 1. The summed E-state index contributed by atoms with van der Waals surface area (Å²) < 4.78 is 32.3. The second-order valence-corrected chi connectivity index (χ2v) is 13.2. The standard InChI is InChI=1S/C29H38FN2O5P/c1-25(2)36-24-12-20-19-8-7-18-11-21-17(15-31-32(21)9-5-6-10-38)13-26(18,3)28(19,30)22(34)14-27(20,4)29(24,37-25)23(35)16-33/h11,15,19-20,22,24,33-34H,7-10,12-14,16,38H2,1-4H3/t19-,20-,22-,24+,26-,27-,28-,29+/m0/s1. The number of nitrogens with zero attached hydrogens (tertiary/aromatic N) is 2. The molecule has 3 saturated carbocycles. The summed E-state index contributed by atoms with van der Waals surface area (Å²) in [6, 6.07) is 0. The number of aliphatic hydroxyl groups excluding tert-OH is 2. The average Bonchev–Trinajstić information content (AvgIpc) is 3.44. The molecule has 1 unspecified atom stereocenters. The minimum absolute atomic E-state index is 0.0615. The van der Waals surface area contributed by atoms with E-state index in [1.165, 1.54) is 0 Å². The van der Waals surface area contributed by atoms with Crippen LogP contribution in [0.15, 0.2) is 11.8 Å². The summed E-state index contributed by atoms with van der Waals surface area (Å²) in [6.45, 7) is 7.21. The lowest BCUT2D eigenvalue weighted by molar-refractivity contribution is -0.250. The molecule has 1 aromatic rings. The molecule has 1 aliphatic heterocycles. The van der Waals surface area contributed by atoms with Gasteiger partial charge in [-0.15, -0.1) is 9.24 Å². The first-order chi connectivity index (χ1) is 17.9. The second kappa shape index (κ2) is 8.44. The van der Waals surface area contributed by atoms with Crippen LogP contribution in [0.2, 0.25) is 0 Å². The van der Waals surface area contributed by atoms with Crippen molar-refractivity contribution in [3.63, 3.8) is 0 Å². The minimum atomic E-state index is -1.89. The van der Waals surface area contributed by atoms with Crippen molar-refractivity contribution in [3.8, 4) is 11.8 Å². The molecule has 2 heterocycles. The highest BCUT2D eigenvalue weighted by Crippen LogP contribution is 2.72. The predicted molar refractivity (Wildman–Crippen MR) is 143 cm³/mol. The topological polar surface area (TPSA) is 93.8 Å². The van der Waals surface area contributed by atoms with Crippen LogP contribution in [0.25, 0.3) is 6.08 Å². The maximum Gasteiger partial charge on any atom is 0.193 e. The zero-order valence-corrected chi connectivity index (χ0v) is 23.7. The molecule has 0 spiro atoms. The lowest BCUT2D eigenvalue weighted by Gasteiger charge is -2.63. The van der Waals surface area contributed by atoms with Crippen molar-refractivity contribution >= 4 is 21.1 Å². The smallest absolute Gasteiger partial charge is 0.193 e. The zero-order chi connectivity index (χ0) is 27.3. The van der Waals surface area contributed by atoms with E-state index < -0.39 is 58.4 Å². The lowest BCUT2D eigenvalue weighted by Crippen LogP contribution is -2.70. The third kappa shape index (κ3) is 3.14. The van der Waals surface area contributed by atoms with E-state index in [1.54, 1.807) is 20.0 Å². The van der Waals surface area contributed by atoms with E-state index in [0.29, 0.717) is 38.4 Å². The van der Waals surface area contributed by atoms with Gasteiger partial charge in [0.1, 0.15) is 18.8 Å². The molecule has 0 bridgehead atoms. The first-order valence-electron chi connectivity index (χ1n) is 13.7. The van der Waals surface area contributed by atoms with Gasteiger partial charge in [-0.1, -0.05) is 31.3 Å². The van der Waals surface area contributed by atoms with Crippen LogP contribution in [0.1, 0.15) is 64.6 Å². The Morgan fingerprint density at radius 1 is 1.29 bits per heavy atom. The maximum absolute atomic E-state index is 17.9. The van der Waals surface area contributed by atoms with E-state index in [-0.39, 0.29) is 12.3 Å². The van der Waals surface area contributed by atoms with Crippen molar-refractivity contribution in [3.05, 3.63) is 23.0 Å². The summed E-state index contributed by atoms with van der Waals surface area (Å²) in [7, 11) is 2.59. The molecular formula is C29H38FN2O5P. The Bertz CT molecular complexity index is 1280. The molecule has 2 N–H and O–H groups in total. The van der Waals surface area contributed by atoms with Gasteiger partial charge in [0.15, 0.2) is 17.2 Å². The molecule has 9 heteroatoms. The lowest BCUT2D eigenvalue weighted by atomic mass is 9.43. The number of hydrogen-bond donors (Lipinski definition) is 2. The van der Waals surface area contributed by atoms with Crippen LogP contribution in [-0.2, 0) is 27.2 Å². The number of Topliss-reactive ketones (excluding diaryl/α,β-unsaturated/α-hetero) is 1. The van der Waals surface area contributed by atoms with Crippen molar-refractivity contribution in [1.82, 2.24) is 9.78 Å². The molecule has 1 aromatic heterocycles. The molecule has 0 amide bonds. The fraction of sp³-hybridized carbons (Fsp3) is 0.724. The number of ketones is 1. The summed E-state index contributed by atoms with van der Waals surface area (Å²) in [5.74, 6) is 3.99. The Labute approximate surface area is 225 Å². The molecule has 4 aliphatic carbocycles. The Morgan fingerprint density at radius 3 is 2.76 bits per heavy atom. The number of halogens is 1. The van der Waals surface area contributed by atoms with Gasteiger partial charge in [0.2, 0.25) is 0 Å². The minimum Gasteiger partial charge on any atom is -0.390 e. The molecule has 38 heavy (non-hydrogen) atoms. The Hall–Kier alpha value is -1.62. The first kappa shape index (κ1) is 26.6. The summed E-state index contributed by atoms with van der Waals surface area (Å²) in [5.41, 5.74) is -2.14. The summed E-state index contributed by atoms with van der Waals surface area (Å²) in [4.78, 5) is 13.4. The first-order valence-corrected chi connectivity index (χ1v) is 14.5. The Morgan fingerprint density at radius 2 is 2.05 bits per heavy atom. The van der Waals surface area contributed by atoms with E-state index in [2.05, 4.69) is 32.3 Å². The van der Waals surface area contributed by atoms with Crippen LogP contribution >= 0.6 is 9.24 Å². The van der Waals surface area contributed by atoms with E-state index in [9.17, 15) is 15.0 Å². The van der Waals surface area contributed by atoms with Gasteiger partial charge in [0, 0.05) is 22.9 Å². The van der Waals surface area contributed by atoms with Gasteiger partial charge < -0.3 is 19.7 Å². The number of alkyl halides is 1. The van der Waals surface area contributed by atoms with Gasteiger partial charge in [-0.2, -0.15) is 5.10 Å². The molecule has 7 nitrogen and oxygen atoms in total. The highest BCUT2D eigenvalue weighted by Gasteiger charge is 2.80. The number of fused-ring (bicyclic) bond motifs is 8. The van der Waals surface area contributed by atoms with Crippen molar-refractivity contribution in [2.24, 2.45) is 22.7 Å². The number of carbonyl (C=O) groups excluding carboxylic acids is 1. The monoisotopic (exact) mass is 544 g/mol.